The second-order valence-electron chi connectivity index (χ2n) is 2.83. The molecule has 55 valence electrons. The van der Waals surface area contributed by atoms with Gasteiger partial charge in [-0.3, -0.25) is 0 Å². The third-order valence-corrected chi connectivity index (χ3v) is 2.13. The van der Waals surface area contributed by atoms with Gasteiger partial charge in [-0.15, -0.1) is 0 Å². The fourth-order valence-electron chi connectivity index (χ4n) is 1.37. The third-order valence-electron chi connectivity index (χ3n) is 2.13. The maximum absolute atomic E-state index is 3.06. The quantitative estimate of drug-likeness (QED) is 0.534. The normalized spacial score (nSPS) is 10.7. The number of benzene rings is 1. The molecule has 0 aliphatic rings. The smallest absolute Gasteiger partial charge is 0.0480 e. The Kier molecular flexibility index (Phi) is 1.25. The number of hydrogen-bond acceptors (Lipinski definition) is 0. The molecule has 0 aliphatic carbocycles. The molecule has 0 aliphatic heterocycles. The molecule has 2 aromatic rings. The van der Waals surface area contributed by atoms with Gasteiger partial charge in [0.25, 0.3) is 0 Å². The molecule has 0 saturated heterocycles. The van der Waals surface area contributed by atoms with E-state index in [2.05, 4.69) is 36.7 Å². The van der Waals surface area contributed by atoms with Crippen molar-refractivity contribution in [3.63, 3.8) is 0 Å². The van der Waals surface area contributed by atoms with Crippen LogP contribution in [0.5, 0.6) is 0 Å². The molecule has 0 spiro atoms. The van der Waals surface area contributed by atoms with Crippen molar-refractivity contribution in [3.05, 3.63) is 36.0 Å². The molecule has 0 saturated carbocycles. The minimum absolute atomic E-state index is 1.27. The van der Waals surface area contributed by atoms with Gasteiger partial charge in [0.2, 0.25) is 0 Å². The predicted octanol–water partition coefficient (Wildman–Crippen LogP) is 2.29. The van der Waals surface area contributed by atoms with Crippen LogP contribution < -0.4 is 0 Å². The summed E-state index contributed by atoms with van der Waals surface area (Å²) in [6, 6.07) is 11.3. The van der Waals surface area contributed by atoms with Crippen LogP contribution >= 0.6 is 0 Å². The van der Waals surface area contributed by atoms with Crippen LogP contribution in [0.2, 0.25) is 0 Å². The van der Waals surface area contributed by atoms with Crippen LogP contribution in [0.25, 0.3) is 10.9 Å². The minimum Gasteiger partial charge on any atom is -0.348 e. The second kappa shape index (κ2) is 2.12. The molecule has 0 atom stereocenters. The van der Waals surface area contributed by atoms with Crippen molar-refractivity contribution in [3.8, 4) is 0 Å². The Morgan fingerprint density at radius 3 is 3.00 bits per heavy atom. The fraction of sp³-hybridized carbons (Fsp3) is 0.200. The Morgan fingerprint density at radius 1 is 1.45 bits per heavy atom. The maximum Gasteiger partial charge on any atom is 0.0480 e. The Morgan fingerprint density at radius 2 is 2.27 bits per heavy atom. The highest BCUT2D eigenvalue weighted by atomic mass is 14.9. The molecular weight excluding hydrogens is 134 g/mol. The Bertz CT molecular complexity index is 385. The molecule has 0 unspecified atom stereocenters. The molecule has 2 rings (SSSR count). The van der Waals surface area contributed by atoms with E-state index in [9.17, 15) is 0 Å². The van der Waals surface area contributed by atoms with Gasteiger partial charge >= 0.3 is 0 Å². The molecule has 0 fully saturated rings. The van der Waals surface area contributed by atoms with E-state index >= 15 is 0 Å². The number of aryl methyl sites for hydroxylation is 2. The first kappa shape index (κ1) is 6.47. The zero-order chi connectivity index (χ0) is 7.84. The first-order valence-electron chi connectivity index (χ1n) is 3.71. The average molecular weight is 144 g/mol. The maximum atomic E-state index is 3.06. The minimum atomic E-state index is 1.27. The van der Waals surface area contributed by atoms with Gasteiger partial charge in [-0.1, -0.05) is 6.07 Å². The summed E-state index contributed by atoms with van der Waals surface area (Å²) < 4.78 is 2.18. The lowest BCUT2D eigenvalue weighted by molar-refractivity contribution is 0.918. The van der Waals surface area contributed by atoms with Gasteiger partial charge < -0.3 is 4.57 Å². The Hall–Kier alpha value is -1.24. The molecule has 1 aromatic carbocycles. The van der Waals surface area contributed by atoms with Crippen molar-refractivity contribution in [2.75, 3.05) is 0 Å². The molecule has 0 bridgehead atoms. The molecule has 1 radical (unpaired) electrons. The summed E-state index contributed by atoms with van der Waals surface area (Å²) in [6.45, 7) is 2.11. The van der Waals surface area contributed by atoms with Crippen molar-refractivity contribution in [1.29, 1.82) is 0 Å². The molecular formula is C10H10N. The van der Waals surface area contributed by atoms with Gasteiger partial charge in [0, 0.05) is 23.6 Å². The summed E-state index contributed by atoms with van der Waals surface area (Å²) in [5.74, 6) is 0. The van der Waals surface area contributed by atoms with E-state index in [1.54, 1.807) is 0 Å². The summed E-state index contributed by atoms with van der Waals surface area (Å²) >= 11 is 0. The van der Waals surface area contributed by atoms with Gasteiger partial charge in [-0.25, -0.2) is 0 Å². The number of hydrogen-bond donors (Lipinski definition) is 0. The first-order valence-corrected chi connectivity index (χ1v) is 3.71. The van der Waals surface area contributed by atoms with E-state index in [1.807, 2.05) is 12.1 Å². The van der Waals surface area contributed by atoms with Crippen LogP contribution in [0.15, 0.2) is 24.3 Å². The lowest BCUT2D eigenvalue weighted by Gasteiger charge is -1.96. The standard InChI is InChI=1S/C10H10N/c1-8-7-9-5-3-4-6-10(9)11(8)2/h4-7H,1-2H3. The van der Waals surface area contributed by atoms with Crippen molar-refractivity contribution >= 4 is 10.9 Å². The zero-order valence-electron chi connectivity index (χ0n) is 6.76. The molecule has 1 nitrogen and oxygen atoms in total. The van der Waals surface area contributed by atoms with Gasteiger partial charge in [0.15, 0.2) is 0 Å². The van der Waals surface area contributed by atoms with Crippen LogP contribution in [0.4, 0.5) is 0 Å². The number of fused-ring (bicyclic) bond motifs is 1. The zero-order valence-corrected chi connectivity index (χ0v) is 6.76. The number of nitrogens with zero attached hydrogens (tertiary/aromatic N) is 1. The van der Waals surface area contributed by atoms with Gasteiger partial charge in [0.05, 0.1) is 0 Å². The van der Waals surface area contributed by atoms with Crippen molar-refractivity contribution in [2.45, 2.75) is 6.92 Å². The summed E-state index contributed by atoms with van der Waals surface area (Å²) in [5.41, 5.74) is 2.57. The molecule has 0 amide bonds. The van der Waals surface area contributed by atoms with Crippen LogP contribution in [-0.2, 0) is 7.05 Å². The second-order valence-corrected chi connectivity index (χ2v) is 2.83. The van der Waals surface area contributed by atoms with Crippen LogP contribution in [-0.4, -0.2) is 4.57 Å². The molecule has 1 heterocycles. The summed E-state index contributed by atoms with van der Waals surface area (Å²) in [6.07, 6.45) is 0. The van der Waals surface area contributed by atoms with Gasteiger partial charge in [-0.2, -0.15) is 0 Å². The molecule has 0 N–H and O–H groups in total. The number of rotatable bonds is 0. The van der Waals surface area contributed by atoms with Gasteiger partial charge in [0.1, 0.15) is 0 Å². The largest absolute Gasteiger partial charge is 0.348 e. The van der Waals surface area contributed by atoms with E-state index in [4.69, 9.17) is 0 Å². The molecule has 1 heteroatoms. The highest BCUT2D eigenvalue weighted by molar-refractivity contribution is 5.80. The summed E-state index contributed by atoms with van der Waals surface area (Å²) in [5, 5.41) is 1.27. The Balaban J connectivity index is 2.92. The Labute approximate surface area is 66.3 Å². The summed E-state index contributed by atoms with van der Waals surface area (Å²) in [4.78, 5) is 0. The lowest BCUT2D eigenvalue weighted by atomic mass is 10.2. The van der Waals surface area contributed by atoms with Crippen LogP contribution in [0.1, 0.15) is 5.69 Å². The van der Waals surface area contributed by atoms with Crippen LogP contribution in [0, 0.1) is 13.0 Å². The van der Waals surface area contributed by atoms with Crippen molar-refractivity contribution in [2.24, 2.45) is 7.05 Å². The topological polar surface area (TPSA) is 4.93 Å². The lowest BCUT2D eigenvalue weighted by Crippen LogP contribution is -1.88. The van der Waals surface area contributed by atoms with E-state index in [0.29, 0.717) is 0 Å². The van der Waals surface area contributed by atoms with Crippen molar-refractivity contribution in [1.82, 2.24) is 4.57 Å². The third kappa shape index (κ3) is 0.845. The monoisotopic (exact) mass is 144 g/mol. The fourth-order valence-corrected chi connectivity index (χ4v) is 1.37. The highest BCUT2D eigenvalue weighted by Gasteiger charge is 1.98. The highest BCUT2D eigenvalue weighted by Crippen LogP contribution is 2.16. The van der Waals surface area contributed by atoms with E-state index in [-0.39, 0.29) is 0 Å². The first-order chi connectivity index (χ1) is 5.29. The number of aromatic nitrogens is 1. The average Bonchev–Trinajstić information content (AvgIpc) is 2.30. The van der Waals surface area contributed by atoms with E-state index in [0.717, 1.165) is 0 Å². The van der Waals surface area contributed by atoms with Crippen molar-refractivity contribution < 1.29 is 0 Å². The molecule has 1 aromatic heterocycles. The van der Waals surface area contributed by atoms with E-state index in [1.165, 1.54) is 16.6 Å². The van der Waals surface area contributed by atoms with E-state index < -0.39 is 0 Å². The van der Waals surface area contributed by atoms with Gasteiger partial charge in [-0.05, 0) is 31.2 Å². The summed E-state index contributed by atoms with van der Waals surface area (Å²) in [7, 11) is 2.08. The van der Waals surface area contributed by atoms with Crippen LogP contribution in [0.3, 0.4) is 0 Å². The predicted molar refractivity (Wildman–Crippen MR) is 46.5 cm³/mol. The SMILES string of the molecule is Cc1cc2c[c]ccc2n1C. The molecule has 11 heavy (non-hydrogen) atoms.